The minimum Gasteiger partial charge on any atom is -0.361 e. The SMILES string of the molecule is O=C(NC1CCCC1)c1ccc2[nH]ccc2c1. The van der Waals surface area contributed by atoms with Gasteiger partial charge in [-0.3, -0.25) is 4.79 Å². The number of H-pyrrole nitrogens is 1. The molecule has 0 unspecified atom stereocenters. The second-order valence-electron chi connectivity index (χ2n) is 4.73. The zero-order chi connectivity index (χ0) is 11.7. The number of aromatic amines is 1. The van der Waals surface area contributed by atoms with Crippen molar-refractivity contribution in [1.82, 2.24) is 10.3 Å². The van der Waals surface area contributed by atoms with Crippen LogP contribution in [0.2, 0.25) is 0 Å². The molecule has 0 radical (unpaired) electrons. The van der Waals surface area contributed by atoms with Gasteiger partial charge in [-0.15, -0.1) is 0 Å². The summed E-state index contributed by atoms with van der Waals surface area (Å²) in [7, 11) is 0. The van der Waals surface area contributed by atoms with Gasteiger partial charge in [0.2, 0.25) is 0 Å². The van der Waals surface area contributed by atoms with E-state index in [2.05, 4.69) is 10.3 Å². The van der Waals surface area contributed by atoms with E-state index in [1.54, 1.807) is 0 Å². The number of aromatic nitrogens is 1. The molecule has 1 fully saturated rings. The number of hydrogen-bond acceptors (Lipinski definition) is 1. The molecule has 0 atom stereocenters. The first-order valence-corrected chi connectivity index (χ1v) is 6.21. The zero-order valence-corrected chi connectivity index (χ0v) is 9.70. The topological polar surface area (TPSA) is 44.9 Å². The van der Waals surface area contributed by atoms with E-state index in [4.69, 9.17) is 0 Å². The minimum atomic E-state index is 0.0556. The lowest BCUT2D eigenvalue weighted by Gasteiger charge is -2.11. The Bertz CT molecular complexity index is 538. The normalized spacial score (nSPS) is 16.5. The first-order chi connectivity index (χ1) is 8.33. The Balaban J connectivity index is 1.79. The van der Waals surface area contributed by atoms with E-state index in [9.17, 15) is 4.79 Å². The Morgan fingerprint density at radius 3 is 2.88 bits per heavy atom. The summed E-state index contributed by atoms with van der Waals surface area (Å²) in [4.78, 5) is 15.2. The predicted molar refractivity (Wildman–Crippen MR) is 68.0 cm³/mol. The smallest absolute Gasteiger partial charge is 0.251 e. The number of nitrogens with one attached hydrogen (secondary N) is 2. The first kappa shape index (κ1) is 10.4. The standard InChI is InChI=1S/C14H16N2O/c17-14(16-12-3-1-2-4-12)11-5-6-13-10(9-11)7-8-15-13/h5-9,12,15H,1-4H2,(H,16,17). The Hall–Kier alpha value is -1.77. The molecule has 17 heavy (non-hydrogen) atoms. The van der Waals surface area contributed by atoms with Crippen molar-refractivity contribution in [2.75, 3.05) is 0 Å². The summed E-state index contributed by atoms with van der Waals surface area (Å²) in [5.74, 6) is 0.0556. The molecule has 3 rings (SSSR count). The van der Waals surface area contributed by atoms with Gasteiger partial charge in [-0.05, 0) is 37.1 Å². The Morgan fingerprint density at radius 2 is 2.06 bits per heavy atom. The largest absolute Gasteiger partial charge is 0.361 e. The van der Waals surface area contributed by atoms with Crippen LogP contribution in [0, 0.1) is 0 Å². The summed E-state index contributed by atoms with van der Waals surface area (Å²) in [6.45, 7) is 0. The second-order valence-corrected chi connectivity index (χ2v) is 4.73. The summed E-state index contributed by atoms with van der Waals surface area (Å²) in [6.07, 6.45) is 6.61. The second kappa shape index (κ2) is 4.24. The summed E-state index contributed by atoms with van der Waals surface area (Å²) < 4.78 is 0. The van der Waals surface area contributed by atoms with Crippen molar-refractivity contribution < 1.29 is 4.79 Å². The molecule has 2 aromatic rings. The summed E-state index contributed by atoms with van der Waals surface area (Å²) >= 11 is 0. The molecule has 1 saturated carbocycles. The van der Waals surface area contributed by atoms with Crippen molar-refractivity contribution in [1.29, 1.82) is 0 Å². The van der Waals surface area contributed by atoms with Crippen molar-refractivity contribution in [3.8, 4) is 0 Å². The fraction of sp³-hybridized carbons (Fsp3) is 0.357. The van der Waals surface area contributed by atoms with Gasteiger partial charge >= 0.3 is 0 Å². The van der Waals surface area contributed by atoms with Gasteiger partial charge < -0.3 is 10.3 Å². The third kappa shape index (κ3) is 2.05. The summed E-state index contributed by atoms with van der Waals surface area (Å²) in [5.41, 5.74) is 1.83. The Kier molecular flexibility index (Phi) is 2.59. The van der Waals surface area contributed by atoms with Crippen LogP contribution in [-0.4, -0.2) is 16.9 Å². The van der Waals surface area contributed by atoms with E-state index in [0.717, 1.165) is 29.3 Å². The van der Waals surface area contributed by atoms with Crippen LogP contribution in [0.25, 0.3) is 10.9 Å². The van der Waals surface area contributed by atoms with Crippen LogP contribution in [0.3, 0.4) is 0 Å². The maximum Gasteiger partial charge on any atom is 0.251 e. The van der Waals surface area contributed by atoms with Gasteiger partial charge in [-0.1, -0.05) is 12.8 Å². The molecule has 1 aromatic heterocycles. The molecule has 0 saturated heterocycles. The van der Waals surface area contributed by atoms with Gasteiger partial charge in [-0.2, -0.15) is 0 Å². The van der Waals surface area contributed by atoms with Crippen molar-refractivity contribution in [3.05, 3.63) is 36.0 Å². The molecule has 1 aliphatic rings. The van der Waals surface area contributed by atoms with Crippen LogP contribution in [-0.2, 0) is 0 Å². The molecule has 88 valence electrons. The monoisotopic (exact) mass is 228 g/mol. The number of carbonyl (C=O) groups excluding carboxylic acids is 1. The number of fused-ring (bicyclic) bond motifs is 1. The Morgan fingerprint density at radius 1 is 1.24 bits per heavy atom. The predicted octanol–water partition coefficient (Wildman–Crippen LogP) is 2.84. The molecule has 1 aromatic carbocycles. The van der Waals surface area contributed by atoms with E-state index in [0.29, 0.717) is 6.04 Å². The number of hydrogen-bond donors (Lipinski definition) is 2. The van der Waals surface area contributed by atoms with Gasteiger partial charge in [-0.25, -0.2) is 0 Å². The molecule has 0 spiro atoms. The van der Waals surface area contributed by atoms with E-state index in [1.807, 2.05) is 30.5 Å². The van der Waals surface area contributed by atoms with Crippen molar-refractivity contribution in [2.45, 2.75) is 31.7 Å². The lowest BCUT2D eigenvalue weighted by molar-refractivity contribution is 0.0938. The molecule has 1 aliphatic carbocycles. The summed E-state index contributed by atoms with van der Waals surface area (Å²) in [5, 5.41) is 4.19. The van der Waals surface area contributed by atoms with Crippen molar-refractivity contribution >= 4 is 16.8 Å². The highest BCUT2D eigenvalue weighted by Crippen LogP contribution is 2.19. The van der Waals surface area contributed by atoms with Gasteiger partial charge in [0, 0.05) is 28.7 Å². The van der Waals surface area contributed by atoms with Crippen LogP contribution in [0.5, 0.6) is 0 Å². The molecule has 3 heteroatoms. The van der Waals surface area contributed by atoms with Gasteiger partial charge in [0.25, 0.3) is 5.91 Å². The quantitative estimate of drug-likeness (QED) is 0.815. The van der Waals surface area contributed by atoms with Crippen molar-refractivity contribution in [3.63, 3.8) is 0 Å². The van der Waals surface area contributed by atoms with Crippen LogP contribution in [0.15, 0.2) is 30.5 Å². The molecule has 2 N–H and O–H groups in total. The molecule has 1 heterocycles. The highest BCUT2D eigenvalue weighted by molar-refractivity contribution is 5.98. The molecular weight excluding hydrogens is 212 g/mol. The minimum absolute atomic E-state index is 0.0556. The van der Waals surface area contributed by atoms with Crippen LogP contribution in [0.1, 0.15) is 36.0 Å². The first-order valence-electron chi connectivity index (χ1n) is 6.21. The fourth-order valence-electron chi connectivity index (χ4n) is 2.53. The molecule has 0 bridgehead atoms. The van der Waals surface area contributed by atoms with E-state index < -0.39 is 0 Å². The number of amides is 1. The fourth-order valence-corrected chi connectivity index (χ4v) is 2.53. The van der Waals surface area contributed by atoms with E-state index >= 15 is 0 Å². The number of benzene rings is 1. The van der Waals surface area contributed by atoms with Gasteiger partial charge in [0.1, 0.15) is 0 Å². The van der Waals surface area contributed by atoms with Crippen LogP contribution >= 0.6 is 0 Å². The molecular formula is C14H16N2O. The lowest BCUT2D eigenvalue weighted by atomic mass is 10.1. The molecule has 3 nitrogen and oxygen atoms in total. The Labute approximate surface area is 100 Å². The maximum atomic E-state index is 12.0. The maximum absolute atomic E-state index is 12.0. The number of carbonyl (C=O) groups is 1. The van der Waals surface area contributed by atoms with E-state index in [1.165, 1.54) is 12.8 Å². The average molecular weight is 228 g/mol. The zero-order valence-electron chi connectivity index (χ0n) is 9.70. The third-order valence-electron chi connectivity index (χ3n) is 3.51. The van der Waals surface area contributed by atoms with Gasteiger partial charge in [0.15, 0.2) is 0 Å². The molecule has 1 amide bonds. The number of rotatable bonds is 2. The third-order valence-corrected chi connectivity index (χ3v) is 3.51. The van der Waals surface area contributed by atoms with Crippen LogP contribution in [0.4, 0.5) is 0 Å². The highest BCUT2D eigenvalue weighted by atomic mass is 16.1. The van der Waals surface area contributed by atoms with Crippen LogP contribution < -0.4 is 5.32 Å². The lowest BCUT2D eigenvalue weighted by Crippen LogP contribution is -2.32. The summed E-state index contributed by atoms with van der Waals surface area (Å²) in [6, 6.07) is 8.14. The van der Waals surface area contributed by atoms with Gasteiger partial charge in [0.05, 0.1) is 0 Å². The highest BCUT2D eigenvalue weighted by Gasteiger charge is 2.17. The molecule has 0 aliphatic heterocycles. The van der Waals surface area contributed by atoms with Crippen molar-refractivity contribution in [2.24, 2.45) is 0 Å². The average Bonchev–Trinajstić information content (AvgIpc) is 2.97. The van der Waals surface area contributed by atoms with E-state index in [-0.39, 0.29) is 5.91 Å².